The second-order valence-electron chi connectivity index (χ2n) is 4.13. The van der Waals surface area contributed by atoms with E-state index in [9.17, 15) is 4.39 Å². The van der Waals surface area contributed by atoms with Gasteiger partial charge in [0.2, 0.25) is 5.95 Å². The van der Waals surface area contributed by atoms with Gasteiger partial charge in [0.1, 0.15) is 5.82 Å². The Morgan fingerprint density at radius 3 is 2.50 bits per heavy atom. The maximum absolute atomic E-state index is 13.8. The van der Waals surface area contributed by atoms with Gasteiger partial charge in [-0.1, -0.05) is 29.3 Å². The summed E-state index contributed by atoms with van der Waals surface area (Å²) in [5.74, 6) is -0.227. The van der Waals surface area contributed by atoms with Crippen molar-refractivity contribution in [2.24, 2.45) is 0 Å². The molecule has 0 aliphatic heterocycles. The molecule has 0 radical (unpaired) electrons. The van der Waals surface area contributed by atoms with Crippen LogP contribution in [0.25, 0.3) is 16.7 Å². The molecule has 102 valence electrons. The standard InChI is InChI=1S/C13H7BrCl2FN3/c14-6-4-10-11(5-9(6)17)20(13(18)19-10)12-7(15)2-1-3-8(12)16/h1-5H,(H2,18,19). The predicted octanol–water partition coefficient (Wildman–Crippen LogP) is 4.82. The van der Waals surface area contributed by atoms with Gasteiger partial charge in [0.25, 0.3) is 0 Å². The summed E-state index contributed by atoms with van der Waals surface area (Å²) in [5, 5.41) is 0.818. The Kier molecular flexibility index (Phi) is 3.36. The molecule has 0 atom stereocenters. The second kappa shape index (κ2) is 4.91. The van der Waals surface area contributed by atoms with Crippen molar-refractivity contribution >= 4 is 56.1 Å². The minimum absolute atomic E-state index is 0.188. The lowest BCUT2D eigenvalue weighted by molar-refractivity contribution is 0.622. The number of hydrogen-bond donors (Lipinski definition) is 1. The lowest BCUT2D eigenvalue weighted by Crippen LogP contribution is -2.02. The van der Waals surface area contributed by atoms with Crippen molar-refractivity contribution in [3.05, 3.63) is 50.7 Å². The van der Waals surface area contributed by atoms with Crippen LogP contribution in [0.4, 0.5) is 10.3 Å². The molecule has 2 N–H and O–H groups in total. The number of imidazole rings is 1. The minimum Gasteiger partial charge on any atom is -0.369 e. The molecule has 0 saturated carbocycles. The fourth-order valence-electron chi connectivity index (χ4n) is 2.03. The second-order valence-corrected chi connectivity index (χ2v) is 5.80. The topological polar surface area (TPSA) is 43.8 Å². The number of nitrogens with two attached hydrogens (primary N) is 1. The third-order valence-electron chi connectivity index (χ3n) is 2.88. The Labute approximate surface area is 132 Å². The molecule has 20 heavy (non-hydrogen) atoms. The molecule has 3 nitrogen and oxygen atoms in total. The largest absolute Gasteiger partial charge is 0.369 e. The van der Waals surface area contributed by atoms with Gasteiger partial charge in [-0.25, -0.2) is 9.37 Å². The molecule has 7 heteroatoms. The lowest BCUT2D eigenvalue weighted by Gasteiger charge is -2.10. The highest BCUT2D eigenvalue weighted by Crippen LogP contribution is 2.34. The van der Waals surface area contributed by atoms with Crippen molar-refractivity contribution in [2.75, 3.05) is 5.73 Å². The van der Waals surface area contributed by atoms with Crippen LogP contribution >= 0.6 is 39.1 Å². The number of nitrogens with zero attached hydrogens (tertiary/aromatic N) is 2. The van der Waals surface area contributed by atoms with Crippen molar-refractivity contribution in [3.8, 4) is 5.69 Å². The van der Waals surface area contributed by atoms with Crippen molar-refractivity contribution < 1.29 is 4.39 Å². The molecule has 0 bridgehead atoms. The number of halogens is 4. The van der Waals surface area contributed by atoms with E-state index in [0.29, 0.717) is 31.2 Å². The molecule has 1 aromatic heterocycles. The van der Waals surface area contributed by atoms with Gasteiger partial charge in [0.15, 0.2) is 0 Å². The van der Waals surface area contributed by atoms with Gasteiger partial charge >= 0.3 is 0 Å². The Hall–Kier alpha value is -1.30. The van der Waals surface area contributed by atoms with Crippen LogP contribution in [0, 0.1) is 5.82 Å². The quantitative estimate of drug-likeness (QED) is 0.663. The first-order valence-electron chi connectivity index (χ1n) is 5.56. The molecule has 0 aliphatic carbocycles. The molecule has 2 aromatic carbocycles. The summed E-state index contributed by atoms with van der Waals surface area (Å²) in [6, 6.07) is 7.98. The Balaban J connectivity index is 2.42. The van der Waals surface area contributed by atoms with Crippen molar-refractivity contribution in [1.82, 2.24) is 9.55 Å². The first-order valence-corrected chi connectivity index (χ1v) is 7.11. The fourth-order valence-corrected chi connectivity index (χ4v) is 2.93. The number of anilines is 1. The summed E-state index contributed by atoms with van der Waals surface area (Å²) in [7, 11) is 0. The number of benzene rings is 2. The van der Waals surface area contributed by atoms with Crippen LogP contribution in [-0.2, 0) is 0 Å². The summed E-state index contributed by atoms with van der Waals surface area (Å²) >= 11 is 15.5. The molecule has 3 rings (SSSR count). The number of para-hydroxylation sites is 1. The molecule has 0 spiro atoms. The van der Waals surface area contributed by atoms with E-state index >= 15 is 0 Å². The zero-order valence-corrected chi connectivity index (χ0v) is 13.0. The molecule has 1 heterocycles. The van der Waals surface area contributed by atoms with E-state index in [-0.39, 0.29) is 5.95 Å². The van der Waals surface area contributed by atoms with Crippen LogP contribution in [0.2, 0.25) is 10.0 Å². The van der Waals surface area contributed by atoms with Crippen LogP contribution in [0.5, 0.6) is 0 Å². The van der Waals surface area contributed by atoms with Gasteiger partial charge in [0.05, 0.1) is 31.2 Å². The smallest absolute Gasteiger partial charge is 0.206 e. The minimum atomic E-state index is -0.415. The van der Waals surface area contributed by atoms with E-state index in [4.69, 9.17) is 28.9 Å². The van der Waals surface area contributed by atoms with Crippen molar-refractivity contribution in [2.45, 2.75) is 0 Å². The average Bonchev–Trinajstić information content (AvgIpc) is 2.67. The van der Waals surface area contributed by atoms with Crippen LogP contribution in [0.3, 0.4) is 0 Å². The van der Waals surface area contributed by atoms with E-state index in [1.54, 1.807) is 24.3 Å². The van der Waals surface area contributed by atoms with Crippen LogP contribution in [-0.4, -0.2) is 9.55 Å². The fraction of sp³-hybridized carbons (Fsp3) is 0. The Bertz CT molecular complexity index is 812. The van der Waals surface area contributed by atoms with E-state index < -0.39 is 5.82 Å². The van der Waals surface area contributed by atoms with E-state index in [0.717, 1.165) is 0 Å². The van der Waals surface area contributed by atoms with Gasteiger partial charge < -0.3 is 5.73 Å². The monoisotopic (exact) mass is 373 g/mol. The highest BCUT2D eigenvalue weighted by molar-refractivity contribution is 9.10. The molecular formula is C13H7BrCl2FN3. The molecule has 0 unspecified atom stereocenters. The lowest BCUT2D eigenvalue weighted by atomic mass is 10.2. The Morgan fingerprint density at radius 1 is 1.20 bits per heavy atom. The van der Waals surface area contributed by atoms with Gasteiger partial charge in [-0.2, -0.15) is 0 Å². The zero-order chi connectivity index (χ0) is 14.4. The van der Waals surface area contributed by atoms with Gasteiger partial charge in [-0.05, 0) is 34.1 Å². The number of rotatable bonds is 1. The summed E-state index contributed by atoms with van der Waals surface area (Å²) in [6.07, 6.45) is 0. The van der Waals surface area contributed by atoms with Crippen LogP contribution < -0.4 is 5.73 Å². The molecule has 0 amide bonds. The van der Waals surface area contributed by atoms with Crippen LogP contribution in [0.1, 0.15) is 0 Å². The molecule has 0 fully saturated rings. The summed E-state index contributed by atoms with van der Waals surface area (Å²) in [5.41, 5.74) is 7.45. The predicted molar refractivity (Wildman–Crippen MR) is 83.2 cm³/mol. The molecule has 0 saturated heterocycles. The van der Waals surface area contributed by atoms with Crippen LogP contribution in [0.15, 0.2) is 34.8 Å². The van der Waals surface area contributed by atoms with E-state index in [2.05, 4.69) is 20.9 Å². The maximum Gasteiger partial charge on any atom is 0.206 e. The highest BCUT2D eigenvalue weighted by atomic mass is 79.9. The summed E-state index contributed by atoms with van der Waals surface area (Å²) in [6.45, 7) is 0. The number of aromatic nitrogens is 2. The van der Waals surface area contributed by atoms with E-state index in [1.807, 2.05) is 0 Å². The number of hydrogen-bond acceptors (Lipinski definition) is 2. The van der Waals surface area contributed by atoms with Gasteiger partial charge in [-0.15, -0.1) is 0 Å². The van der Waals surface area contributed by atoms with E-state index in [1.165, 1.54) is 10.6 Å². The van der Waals surface area contributed by atoms with Gasteiger partial charge in [-0.3, -0.25) is 4.57 Å². The SMILES string of the molecule is Nc1nc2cc(Br)c(F)cc2n1-c1c(Cl)cccc1Cl. The van der Waals surface area contributed by atoms with Crippen molar-refractivity contribution in [3.63, 3.8) is 0 Å². The maximum atomic E-state index is 13.8. The summed E-state index contributed by atoms with van der Waals surface area (Å²) < 4.78 is 15.6. The third kappa shape index (κ3) is 2.06. The highest BCUT2D eigenvalue weighted by Gasteiger charge is 2.17. The van der Waals surface area contributed by atoms with Crippen molar-refractivity contribution in [1.29, 1.82) is 0 Å². The summed E-state index contributed by atoms with van der Waals surface area (Å²) in [4.78, 5) is 4.20. The zero-order valence-electron chi connectivity index (χ0n) is 9.87. The number of nitrogen functional groups attached to an aromatic ring is 1. The molecule has 0 aliphatic rings. The Morgan fingerprint density at radius 2 is 1.85 bits per heavy atom. The first-order chi connectivity index (χ1) is 9.49. The van der Waals surface area contributed by atoms with Gasteiger partial charge in [0, 0.05) is 6.07 Å². The normalized spacial score (nSPS) is 11.2. The average molecular weight is 375 g/mol. The molecule has 3 aromatic rings. The first kappa shape index (κ1) is 13.7. The third-order valence-corrected chi connectivity index (χ3v) is 4.10. The molecular weight excluding hydrogens is 368 g/mol. The number of fused-ring (bicyclic) bond motifs is 1.